The summed E-state index contributed by atoms with van der Waals surface area (Å²) in [5, 5.41) is 22.4. The second-order valence-electron chi connectivity index (χ2n) is 2.92. The molecule has 7 heteroatoms. The predicted molar refractivity (Wildman–Crippen MR) is 53.1 cm³/mol. The quantitative estimate of drug-likeness (QED) is 0.515. The molecule has 1 aromatic rings. The van der Waals surface area contributed by atoms with Crippen LogP contribution >= 0.6 is 0 Å². The summed E-state index contributed by atoms with van der Waals surface area (Å²) in [6.45, 7) is 0. The zero-order chi connectivity index (χ0) is 10.8. The Morgan fingerprint density at radius 2 is 1.71 bits per heavy atom. The van der Waals surface area contributed by atoms with Crippen LogP contribution in [0.3, 0.4) is 0 Å². The van der Waals surface area contributed by atoms with Crippen molar-refractivity contribution in [2.45, 2.75) is 5.75 Å². The molecule has 0 saturated heterocycles. The van der Waals surface area contributed by atoms with Crippen molar-refractivity contribution in [2.75, 3.05) is 0 Å². The molecule has 5 nitrogen and oxygen atoms in total. The molecule has 0 aliphatic carbocycles. The van der Waals surface area contributed by atoms with Crippen LogP contribution in [0.5, 0.6) is 0 Å². The summed E-state index contributed by atoms with van der Waals surface area (Å²) in [6.07, 6.45) is 0. The molecule has 0 spiro atoms. The Kier molecular flexibility index (Phi) is 3.27. The van der Waals surface area contributed by atoms with E-state index >= 15 is 0 Å². The number of nitrogens with two attached hydrogens (primary N) is 1. The topological polar surface area (TPSA) is 101 Å². The SMILES string of the molecule is NS(=O)(=O)Cc1ccc(B(O)O)cc1. The number of rotatable bonds is 3. The van der Waals surface area contributed by atoms with Crippen molar-refractivity contribution >= 4 is 22.6 Å². The lowest BCUT2D eigenvalue weighted by atomic mass is 9.80. The molecule has 0 aromatic heterocycles. The summed E-state index contributed by atoms with van der Waals surface area (Å²) in [5.74, 6) is -0.255. The zero-order valence-electron chi connectivity index (χ0n) is 7.29. The highest BCUT2D eigenvalue weighted by molar-refractivity contribution is 7.88. The van der Waals surface area contributed by atoms with Gasteiger partial charge in [0, 0.05) is 0 Å². The number of benzene rings is 1. The third-order valence-corrected chi connectivity index (χ3v) is 2.38. The Morgan fingerprint density at radius 1 is 1.21 bits per heavy atom. The van der Waals surface area contributed by atoms with Crippen LogP contribution in [-0.4, -0.2) is 25.6 Å². The Balaban J connectivity index is 2.84. The van der Waals surface area contributed by atoms with Gasteiger partial charge in [0.1, 0.15) is 0 Å². The smallest absolute Gasteiger partial charge is 0.423 e. The lowest BCUT2D eigenvalue weighted by Gasteiger charge is -2.01. The monoisotopic (exact) mass is 215 g/mol. The summed E-state index contributed by atoms with van der Waals surface area (Å²) in [4.78, 5) is 0. The van der Waals surface area contributed by atoms with E-state index < -0.39 is 17.1 Å². The van der Waals surface area contributed by atoms with Gasteiger partial charge in [-0.15, -0.1) is 0 Å². The van der Waals surface area contributed by atoms with Crippen LogP contribution in [0.1, 0.15) is 5.56 Å². The average Bonchev–Trinajstić information content (AvgIpc) is 2.02. The van der Waals surface area contributed by atoms with Crippen LogP contribution in [0, 0.1) is 0 Å². The van der Waals surface area contributed by atoms with Crippen molar-refractivity contribution in [1.29, 1.82) is 0 Å². The first-order chi connectivity index (χ1) is 6.38. The van der Waals surface area contributed by atoms with Crippen LogP contribution in [0.4, 0.5) is 0 Å². The van der Waals surface area contributed by atoms with Gasteiger partial charge >= 0.3 is 7.12 Å². The fraction of sp³-hybridized carbons (Fsp3) is 0.143. The molecule has 0 fully saturated rings. The van der Waals surface area contributed by atoms with Crippen molar-refractivity contribution in [1.82, 2.24) is 0 Å². The molecule has 1 aromatic carbocycles. The Bertz CT molecular complexity index is 400. The Morgan fingerprint density at radius 3 is 2.07 bits per heavy atom. The lowest BCUT2D eigenvalue weighted by Crippen LogP contribution is -2.29. The molecule has 0 heterocycles. The van der Waals surface area contributed by atoms with Gasteiger partial charge in [-0.05, 0) is 11.0 Å². The number of sulfonamides is 1. The first-order valence-electron chi connectivity index (χ1n) is 3.84. The van der Waals surface area contributed by atoms with Crippen molar-refractivity contribution in [3.63, 3.8) is 0 Å². The van der Waals surface area contributed by atoms with E-state index in [9.17, 15) is 8.42 Å². The fourth-order valence-corrected chi connectivity index (χ4v) is 1.68. The van der Waals surface area contributed by atoms with E-state index in [1.165, 1.54) is 24.3 Å². The highest BCUT2D eigenvalue weighted by atomic mass is 32.2. The molecule has 0 aliphatic rings. The molecule has 76 valence electrons. The van der Waals surface area contributed by atoms with Crippen molar-refractivity contribution in [2.24, 2.45) is 5.14 Å². The van der Waals surface area contributed by atoms with Gasteiger partial charge in [0.15, 0.2) is 0 Å². The minimum atomic E-state index is -3.54. The van der Waals surface area contributed by atoms with Gasteiger partial charge in [0.2, 0.25) is 10.0 Å². The second kappa shape index (κ2) is 4.10. The second-order valence-corrected chi connectivity index (χ2v) is 4.54. The van der Waals surface area contributed by atoms with E-state index in [0.717, 1.165) is 0 Å². The van der Waals surface area contributed by atoms with Gasteiger partial charge in [-0.25, -0.2) is 13.6 Å². The number of primary sulfonamides is 1. The molecule has 0 atom stereocenters. The third kappa shape index (κ3) is 3.47. The van der Waals surface area contributed by atoms with E-state index in [4.69, 9.17) is 15.2 Å². The fourth-order valence-electron chi connectivity index (χ4n) is 1.02. The van der Waals surface area contributed by atoms with E-state index in [0.29, 0.717) is 11.0 Å². The molecule has 0 bridgehead atoms. The normalized spacial score (nSPS) is 11.4. The summed E-state index contributed by atoms with van der Waals surface area (Å²) in [6, 6.07) is 5.84. The van der Waals surface area contributed by atoms with E-state index in [1.807, 2.05) is 0 Å². The van der Waals surface area contributed by atoms with E-state index in [1.54, 1.807) is 0 Å². The third-order valence-electron chi connectivity index (χ3n) is 1.65. The molecular formula is C7H10BNO4S. The van der Waals surface area contributed by atoms with Gasteiger partial charge in [0.25, 0.3) is 0 Å². The Labute approximate surface area is 82.4 Å². The molecule has 0 radical (unpaired) electrons. The van der Waals surface area contributed by atoms with E-state index in [2.05, 4.69) is 0 Å². The average molecular weight is 215 g/mol. The van der Waals surface area contributed by atoms with Gasteiger partial charge in [-0.1, -0.05) is 24.3 Å². The molecule has 0 saturated carbocycles. The predicted octanol–water partition coefficient (Wildman–Crippen LogP) is -1.85. The highest BCUT2D eigenvalue weighted by Crippen LogP contribution is 2.01. The van der Waals surface area contributed by atoms with E-state index in [-0.39, 0.29) is 5.75 Å². The van der Waals surface area contributed by atoms with Gasteiger partial charge in [-0.2, -0.15) is 0 Å². The summed E-state index contributed by atoms with van der Waals surface area (Å²) >= 11 is 0. The summed E-state index contributed by atoms with van der Waals surface area (Å²) < 4.78 is 21.4. The maximum Gasteiger partial charge on any atom is 0.488 e. The van der Waals surface area contributed by atoms with Gasteiger partial charge in [-0.3, -0.25) is 0 Å². The maximum absolute atomic E-state index is 10.7. The van der Waals surface area contributed by atoms with Crippen LogP contribution in [0.25, 0.3) is 0 Å². The Hall–Kier alpha value is -0.885. The number of hydrogen-bond donors (Lipinski definition) is 3. The minimum Gasteiger partial charge on any atom is -0.423 e. The molecule has 4 N–H and O–H groups in total. The minimum absolute atomic E-state index is 0.255. The number of hydrogen-bond acceptors (Lipinski definition) is 4. The molecular weight excluding hydrogens is 205 g/mol. The summed E-state index contributed by atoms with van der Waals surface area (Å²) in [7, 11) is -5.08. The molecule has 0 aliphatic heterocycles. The van der Waals surface area contributed by atoms with Crippen LogP contribution in [0.15, 0.2) is 24.3 Å². The molecule has 0 amide bonds. The first-order valence-corrected chi connectivity index (χ1v) is 5.55. The zero-order valence-corrected chi connectivity index (χ0v) is 8.11. The summed E-state index contributed by atoms with van der Waals surface area (Å²) in [5.41, 5.74) is 0.820. The van der Waals surface area contributed by atoms with Crippen LogP contribution in [0.2, 0.25) is 0 Å². The van der Waals surface area contributed by atoms with Gasteiger partial charge < -0.3 is 10.0 Å². The molecule has 1 rings (SSSR count). The standard InChI is InChI=1S/C7H10BNO4S/c9-14(12,13)5-6-1-3-7(4-2-6)8(10)11/h1-4,10-11H,5H2,(H2,9,12,13). The van der Waals surface area contributed by atoms with Crippen molar-refractivity contribution < 1.29 is 18.5 Å². The highest BCUT2D eigenvalue weighted by Gasteiger charge is 2.11. The van der Waals surface area contributed by atoms with Crippen LogP contribution in [-0.2, 0) is 15.8 Å². The lowest BCUT2D eigenvalue weighted by molar-refractivity contribution is 0.426. The van der Waals surface area contributed by atoms with Crippen molar-refractivity contribution in [3.05, 3.63) is 29.8 Å². The molecule has 14 heavy (non-hydrogen) atoms. The largest absolute Gasteiger partial charge is 0.488 e. The molecule has 0 unspecified atom stereocenters. The maximum atomic E-state index is 10.7. The van der Waals surface area contributed by atoms with Gasteiger partial charge in [0.05, 0.1) is 5.75 Å². The van der Waals surface area contributed by atoms with Crippen LogP contribution < -0.4 is 10.6 Å². The first kappa shape index (κ1) is 11.2. The van der Waals surface area contributed by atoms with Crippen molar-refractivity contribution in [3.8, 4) is 0 Å².